The Morgan fingerprint density at radius 3 is 0.968 bits per heavy atom. The van der Waals surface area contributed by atoms with E-state index in [4.69, 9.17) is 0 Å². The average molecular weight is 887 g/mol. The summed E-state index contributed by atoms with van der Waals surface area (Å²) in [6, 6.07) is -0.834. The molecule has 0 saturated carbocycles. The normalized spacial score (nSPS) is 13.5. The largest absolute Gasteiger partial charge is 0.394 e. The van der Waals surface area contributed by atoms with Crippen LogP contribution >= 0.6 is 0 Å². The molecule has 0 rings (SSSR count). The minimum absolute atomic E-state index is 0.156. The number of nitrogens with one attached hydrogen (secondary N) is 1. The van der Waals surface area contributed by atoms with Crippen LogP contribution in [0.15, 0.2) is 36.5 Å². The van der Waals surface area contributed by atoms with Gasteiger partial charge in [0, 0.05) is 6.42 Å². The minimum Gasteiger partial charge on any atom is -0.394 e. The third-order valence-corrected chi connectivity index (χ3v) is 13.2. The number of carbonyl (C=O) groups is 1. The van der Waals surface area contributed by atoms with Crippen LogP contribution in [0.25, 0.3) is 0 Å². The molecule has 0 heterocycles. The van der Waals surface area contributed by atoms with E-state index >= 15 is 0 Å². The molecule has 4 N–H and O–H groups in total. The van der Waals surface area contributed by atoms with Crippen molar-refractivity contribution in [3.05, 3.63) is 36.5 Å². The molecule has 3 unspecified atom stereocenters. The van der Waals surface area contributed by atoms with Crippen LogP contribution in [0, 0.1) is 0 Å². The van der Waals surface area contributed by atoms with Gasteiger partial charge in [0.2, 0.25) is 5.91 Å². The summed E-state index contributed by atoms with van der Waals surface area (Å²) in [6.07, 6.45) is 68.7. The Bertz CT molecular complexity index is 978. The molecule has 372 valence electrons. The summed E-state index contributed by atoms with van der Waals surface area (Å²) in [5, 5.41) is 33.7. The van der Waals surface area contributed by atoms with Gasteiger partial charge in [-0.15, -0.1) is 0 Å². The Morgan fingerprint density at radius 1 is 0.381 bits per heavy atom. The molecule has 0 radical (unpaired) electrons. The zero-order chi connectivity index (χ0) is 45.8. The third-order valence-electron chi connectivity index (χ3n) is 13.2. The summed E-state index contributed by atoms with van der Waals surface area (Å²) in [5.74, 6) is -0.156. The van der Waals surface area contributed by atoms with Crippen LogP contribution in [0.4, 0.5) is 0 Å². The highest BCUT2D eigenvalue weighted by Crippen LogP contribution is 2.17. The van der Waals surface area contributed by atoms with E-state index in [1.165, 1.54) is 231 Å². The van der Waals surface area contributed by atoms with Gasteiger partial charge in [0.1, 0.15) is 6.10 Å². The van der Waals surface area contributed by atoms with Crippen LogP contribution in [-0.4, -0.2) is 46.1 Å². The lowest BCUT2D eigenvalue weighted by Gasteiger charge is -2.26. The molecule has 63 heavy (non-hydrogen) atoms. The smallest absolute Gasteiger partial charge is 0.220 e. The second-order valence-electron chi connectivity index (χ2n) is 19.5. The number of aliphatic hydroxyl groups excluding tert-OH is 3. The molecule has 0 aliphatic rings. The summed E-state index contributed by atoms with van der Waals surface area (Å²) < 4.78 is 0. The van der Waals surface area contributed by atoms with Gasteiger partial charge in [-0.1, -0.05) is 256 Å². The Hall–Kier alpha value is -1.43. The minimum atomic E-state index is -1.17. The predicted molar refractivity (Wildman–Crippen MR) is 278 cm³/mol. The lowest BCUT2D eigenvalue weighted by Crippen LogP contribution is -2.50. The fourth-order valence-electron chi connectivity index (χ4n) is 8.82. The van der Waals surface area contributed by atoms with E-state index < -0.39 is 18.2 Å². The maximum absolute atomic E-state index is 12.5. The summed E-state index contributed by atoms with van der Waals surface area (Å²) >= 11 is 0. The number of unbranched alkanes of at least 4 members (excludes halogenated alkanes) is 38. The maximum atomic E-state index is 12.5. The molecule has 5 nitrogen and oxygen atoms in total. The lowest BCUT2D eigenvalue weighted by molar-refractivity contribution is -0.124. The number of allylic oxidation sites excluding steroid dienone is 6. The second kappa shape index (κ2) is 53.2. The molecule has 0 aliphatic heterocycles. The fraction of sp³-hybridized carbons (Fsp3) is 0.879. The molecule has 1 amide bonds. The lowest BCUT2D eigenvalue weighted by atomic mass is 10.0. The van der Waals surface area contributed by atoms with Gasteiger partial charge < -0.3 is 20.6 Å². The Kier molecular flexibility index (Phi) is 52.0. The molecule has 0 aromatic carbocycles. The molecule has 0 aromatic rings. The molecule has 0 spiro atoms. The van der Waals surface area contributed by atoms with Crippen LogP contribution in [0.2, 0.25) is 0 Å². The first kappa shape index (κ1) is 61.6. The summed E-state index contributed by atoms with van der Waals surface area (Å²) in [5.41, 5.74) is 0. The van der Waals surface area contributed by atoms with Crippen LogP contribution in [-0.2, 0) is 4.79 Å². The molecular weight excluding hydrogens is 775 g/mol. The van der Waals surface area contributed by atoms with Crippen LogP contribution in [0.3, 0.4) is 0 Å². The fourth-order valence-corrected chi connectivity index (χ4v) is 8.82. The maximum Gasteiger partial charge on any atom is 0.220 e. The molecular formula is C58H111NO4. The van der Waals surface area contributed by atoms with E-state index in [-0.39, 0.29) is 12.5 Å². The Morgan fingerprint density at radius 2 is 0.651 bits per heavy atom. The molecule has 5 heteroatoms. The van der Waals surface area contributed by atoms with E-state index in [9.17, 15) is 20.1 Å². The first-order valence-corrected chi connectivity index (χ1v) is 28.3. The third kappa shape index (κ3) is 48.3. The van der Waals surface area contributed by atoms with Gasteiger partial charge in [-0.05, 0) is 77.0 Å². The molecule has 0 saturated heterocycles. The van der Waals surface area contributed by atoms with Crippen molar-refractivity contribution in [3.8, 4) is 0 Å². The topological polar surface area (TPSA) is 89.8 Å². The Labute approximate surface area is 394 Å². The van der Waals surface area contributed by atoms with Crippen molar-refractivity contribution in [2.45, 2.75) is 321 Å². The first-order valence-electron chi connectivity index (χ1n) is 28.3. The van der Waals surface area contributed by atoms with Gasteiger partial charge in [-0.25, -0.2) is 0 Å². The monoisotopic (exact) mass is 886 g/mol. The number of hydrogen-bond donors (Lipinski definition) is 4. The number of aliphatic hydroxyl groups is 3. The van der Waals surface area contributed by atoms with E-state index in [1.807, 2.05) is 0 Å². The van der Waals surface area contributed by atoms with Gasteiger partial charge in [0.15, 0.2) is 0 Å². The quantitative estimate of drug-likeness (QED) is 0.0362. The van der Waals surface area contributed by atoms with Crippen molar-refractivity contribution < 1.29 is 20.1 Å². The van der Waals surface area contributed by atoms with Crippen molar-refractivity contribution in [3.63, 3.8) is 0 Å². The van der Waals surface area contributed by atoms with Gasteiger partial charge in [-0.3, -0.25) is 4.79 Å². The van der Waals surface area contributed by atoms with Crippen molar-refractivity contribution in [1.29, 1.82) is 0 Å². The van der Waals surface area contributed by atoms with E-state index in [1.54, 1.807) is 0 Å². The average Bonchev–Trinajstić information content (AvgIpc) is 3.29. The van der Waals surface area contributed by atoms with E-state index in [0.29, 0.717) is 12.8 Å². The van der Waals surface area contributed by atoms with E-state index in [2.05, 4.69) is 55.6 Å². The SMILES string of the molecule is CCCCCCCCCCCCCC/C=C\CCCCCCCCCCCCC(=O)NC(CO)C(O)C(O)CCC/C=C/CC/C=C/CCCCCCCCCCCCCCCC. The summed E-state index contributed by atoms with van der Waals surface area (Å²) in [4.78, 5) is 12.5. The predicted octanol–water partition coefficient (Wildman–Crippen LogP) is 17.4. The van der Waals surface area contributed by atoms with Crippen molar-refractivity contribution in [1.82, 2.24) is 5.32 Å². The molecule has 0 fully saturated rings. The summed E-state index contributed by atoms with van der Waals surface area (Å²) in [7, 11) is 0. The van der Waals surface area contributed by atoms with Crippen LogP contribution < -0.4 is 5.32 Å². The second-order valence-corrected chi connectivity index (χ2v) is 19.5. The molecule has 0 aliphatic carbocycles. The highest BCUT2D eigenvalue weighted by atomic mass is 16.3. The van der Waals surface area contributed by atoms with Gasteiger partial charge in [0.25, 0.3) is 0 Å². The number of carbonyl (C=O) groups excluding carboxylic acids is 1. The van der Waals surface area contributed by atoms with Gasteiger partial charge >= 0.3 is 0 Å². The van der Waals surface area contributed by atoms with Crippen molar-refractivity contribution in [2.24, 2.45) is 0 Å². The highest BCUT2D eigenvalue weighted by molar-refractivity contribution is 5.76. The number of amides is 1. The standard InChI is InChI=1S/C58H111NO4/c1-3-5-7-9-11-13-15-17-19-21-23-25-27-28-29-31-33-35-37-39-41-43-45-47-49-51-53-57(62)59-55(54-60)58(63)56(61)52-50-48-46-44-42-40-38-36-34-32-30-26-24-22-20-18-16-14-12-10-8-6-4-2/h28-29,36,38,44,46,55-56,58,60-61,63H,3-27,30-35,37,39-43,45,47-54H2,1-2H3,(H,59,62)/b29-28-,38-36+,46-44+. The number of hydrogen-bond acceptors (Lipinski definition) is 4. The molecule has 3 atom stereocenters. The zero-order valence-corrected chi connectivity index (χ0v) is 42.5. The Balaban J connectivity index is 3.60. The molecule has 0 aromatic heterocycles. The van der Waals surface area contributed by atoms with Gasteiger partial charge in [-0.2, -0.15) is 0 Å². The van der Waals surface area contributed by atoms with Crippen LogP contribution in [0.1, 0.15) is 303 Å². The van der Waals surface area contributed by atoms with Crippen molar-refractivity contribution in [2.75, 3.05) is 6.61 Å². The van der Waals surface area contributed by atoms with E-state index in [0.717, 1.165) is 44.9 Å². The number of rotatable bonds is 52. The zero-order valence-electron chi connectivity index (χ0n) is 42.5. The highest BCUT2D eigenvalue weighted by Gasteiger charge is 2.26. The van der Waals surface area contributed by atoms with Gasteiger partial charge in [0.05, 0.1) is 18.8 Å². The summed E-state index contributed by atoms with van der Waals surface area (Å²) in [6.45, 7) is 4.20. The molecule has 0 bridgehead atoms. The van der Waals surface area contributed by atoms with Crippen LogP contribution in [0.5, 0.6) is 0 Å². The van der Waals surface area contributed by atoms with Crippen molar-refractivity contribution >= 4 is 5.91 Å². The first-order chi connectivity index (χ1) is 31.1.